The van der Waals surface area contributed by atoms with Gasteiger partial charge in [-0.15, -0.1) is 0 Å². The molecule has 0 saturated heterocycles. The molecule has 2 N–H and O–H groups in total. The van der Waals surface area contributed by atoms with Crippen LogP contribution in [0.3, 0.4) is 0 Å². The van der Waals surface area contributed by atoms with Gasteiger partial charge in [0.25, 0.3) is 0 Å². The van der Waals surface area contributed by atoms with Crippen LogP contribution in [0.1, 0.15) is 28.7 Å². The van der Waals surface area contributed by atoms with Crippen molar-refractivity contribution in [2.75, 3.05) is 12.3 Å². The van der Waals surface area contributed by atoms with Gasteiger partial charge in [0.2, 0.25) is 0 Å². The van der Waals surface area contributed by atoms with E-state index in [9.17, 15) is 9.59 Å². The molecule has 6 heteroatoms. The lowest BCUT2D eigenvalue weighted by atomic mass is 10.3. The third-order valence-electron chi connectivity index (χ3n) is 1.50. The molecule has 0 fully saturated rings. The van der Waals surface area contributed by atoms with Crippen molar-refractivity contribution in [1.29, 1.82) is 0 Å². The van der Waals surface area contributed by atoms with Crippen LogP contribution < -0.4 is 5.73 Å². The number of ether oxygens (including phenoxy) is 1. The molecule has 1 rings (SSSR count). The van der Waals surface area contributed by atoms with Gasteiger partial charge in [-0.25, -0.2) is 9.78 Å². The van der Waals surface area contributed by atoms with Gasteiger partial charge in [0.15, 0.2) is 10.8 Å². The number of hydrogen-bond donors (Lipinski definition) is 1. The van der Waals surface area contributed by atoms with Crippen molar-refractivity contribution in [3.05, 3.63) is 10.6 Å². The largest absolute Gasteiger partial charge is 0.461 e. The third-order valence-corrected chi connectivity index (χ3v) is 2.30. The molecule has 0 atom stereocenters. The fourth-order valence-corrected chi connectivity index (χ4v) is 1.63. The van der Waals surface area contributed by atoms with E-state index in [-0.39, 0.29) is 23.9 Å². The van der Waals surface area contributed by atoms with E-state index in [0.29, 0.717) is 11.2 Å². The molecule has 0 saturated carbocycles. The molecule has 0 aliphatic heterocycles. The lowest BCUT2D eigenvalue weighted by Gasteiger charge is -1.97. The number of nitrogens with two attached hydrogens (primary N) is 1. The number of esters is 1. The van der Waals surface area contributed by atoms with Gasteiger partial charge >= 0.3 is 5.97 Å². The van der Waals surface area contributed by atoms with Crippen molar-refractivity contribution in [3.63, 3.8) is 0 Å². The smallest absolute Gasteiger partial charge is 0.359 e. The van der Waals surface area contributed by atoms with E-state index in [0.717, 1.165) is 11.3 Å². The van der Waals surface area contributed by atoms with E-state index in [2.05, 4.69) is 16.8 Å². The number of carbonyl (C=O) groups excluding carboxylic acids is 2. The summed E-state index contributed by atoms with van der Waals surface area (Å²) in [6, 6.07) is 0. The Balaban J connectivity index is 2.96. The maximum atomic E-state index is 11.4. The Bertz CT molecular complexity index is 456. The summed E-state index contributed by atoms with van der Waals surface area (Å²) in [5, 5.41) is 0.249. The summed E-state index contributed by atoms with van der Waals surface area (Å²) in [6.07, 6.45) is 0.793. The van der Waals surface area contributed by atoms with E-state index >= 15 is 0 Å². The van der Waals surface area contributed by atoms with Crippen LogP contribution in [-0.4, -0.2) is 23.8 Å². The number of hydrogen-bond acceptors (Lipinski definition) is 6. The van der Waals surface area contributed by atoms with Crippen LogP contribution in [0.4, 0.5) is 5.13 Å². The molecule has 0 radical (unpaired) electrons. The van der Waals surface area contributed by atoms with Gasteiger partial charge in [-0.1, -0.05) is 23.2 Å². The molecule has 1 heterocycles. The van der Waals surface area contributed by atoms with Crippen LogP contribution in [0.5, 0.6) is 0 Å². The Kier molecular flexibility index (Phi) is 4.48. The Morgan fingerprint density at radius 1 is 1.69 bits per heavy atom. The van der Waals surface area contributed by atoms with Crippen LogP contribution in [0.2, 0.25) is 0 Å². The molecule has 0 aliphatic rings. The molecule has 0 aliphatic carbocycles. The van der Waals surface area contributed by atoms with Gasteiger partial charge in [0.1, 0.15) is 11.2 Å². The average molecular weight is 238 g/mol. The molecule has 16 heavy (non-hydrogen) atoms. The lowest BCUT2D eigenvalue weighted by molar-refractivity contribution is -0.107. The van der Waals surface area contributed by atoms with Gasteiger partial charge in [0, 0.05) is 0 Å². The number of nitrogens with zero attached hydrogens (tertiary/aromatic N) is 1. The molecule has 1 aromatic heterocycles. The number of aromatic nitrogens is 1. The predicted octanol–water partition coefficient (Wildman–Crippen LogP) is 0.843. The minimum atomic E-state index is -0.550. The van der Waals surface area contributed by atoms with E-state index in [1.807, 2.05) is 0 Å². The highest BCUT2D eigenvalue weighted by molar-refractivity contribution is 7.16. The van der Waals surface area contributed by atoms with Gasteiger partial charge in [-0.2, -0.15) is 0 Å². The van der Waals surface area contributed by atoms with Crippen molar-refractivity contribution >= 4 is 28.7 Å². The molecule has 1 aromatic rings. The van der Waals surface area contributed by atoms with Crippen LogP contribution >= 0.6 is 11.3 Å². The summed E-state index contributed by atoms with van der Waals surface area (Å²) in [4.78, 5) is 25.8. The molecular weight excluding hydrogens is 228 g/mol. The SMILES string of the molecule is CCOC(=O)c1nc(N)sc1C#CCC=O. The van der Waals surface area contributed by atoms with Crippen molar-refractivity contribution in [1.82, 2.24) is 4.98 Å². The Morgan fingerprint density at radius 2 is 2.44 bits per heavy atom. The third kappa shape index (κ3) is 3.07. The summed E-state index contributed by atoms with van der Waals surface area (Å²) in [5.74, 6) is 4.71. The Labute approximate surface area is 96.6 Å². The highest BCUT2D eigenvalue weighted by Gasteiger charge is 2.16. The normalized spacial score (nSPS) is 9.06. The Morgan fingerprint density at radius 3 is 3.06 bits per heavy atom. The summed E-state index contributed by atoms with van der Waals surface area (Å²) in [6.45, 7) is 1.96. The average Bonchev–Trinajstić information content (AvgIpc) is 2.61. The lowest BCUT2D eigenvalue weighted by Crippen LogP contribution is -2.06. The first-order chi connectivity index (χ1) is 7.69. The summed E-state index contributed by atoms with van der Waals surface area (Å²) in [7, 11) is 0. The second-order valence-corrected chi connectivity index (χ2v) is 3.65. The monoisotopic (exact) mass is 238 g/mol. The molecule has 0 bridgehead atoms. The van der Waals surface area contributed by atoms with Crippen LogP contribution in [0.25, 0.3) is 0 Å². The maximum Gasteiger partial charge on any atom is 0.359 e. The first-order valence-electron chi connectivity index (χ1n) is 4.55. The predicted molar refractivity (Wildman–Crippen MR) is 60.0 cm³/mol. The minimum Gasteiger partial charge on any atom is -0.461 e. The van der Waals surface area contributed by atoms with Gasteiger partial charge in [-0.05, 0) is 6.92 Å². The minimum absolute atomic E-state index is 0.111. The second kappa shape index (κ2) is 5.88. The van der Waals surface area contributed by atoms with Gasteiger partial charge < -0.3 is 15.3 Å². The highest BCUT2D eigenvalue weighted by Crippen LogP contribution is 2.20. The van der Waals surface area contributed by atoms with Gasteiger partial charge in [0.05, 0.1) is 13.0 Å². The Hall–Kier alpha value is -1.87. The fraction of sp³-hybridized carbons (Fsp3) is 0.300. The quantitative estimate of drug-likeness (QED) is 0.479. The molecule has 0 spiro atoms. The van der Waals surface area contributed by atoms with E-state index in [4.69, 9.17) is 10.5 Å². The molecular formula is C10H10N2O3S. The number of nitrogen functional groups attached to an aromatic ring is 1. The van der Waals surface area contributed by atoms with Crippen LogP contribution in [-0.2, 0) is 9.53 Å². The zero-order valence-electron chi connectivity index (χ0n) is 8.65. The van der Waals surface area contributed by atoms with Crippen LogP contribution in [0, 0.1) is 11.8 Å². The molecule has 0 amide bonds. The van der Waals surface area contributed by atoms with E-state index in [1.165, 1.54) is 0 Å². The first kappa shape index (κ1) is 12.2. The number of carbonyl (C=O) groups is 2. The standard InChI is InChI=1S/C10H10N2O3S/c1-2-15-9(14)8-7(5-3-4-6-13)16-10(11)12-8/h6H,2,4H2,1H3,(H2,11,12). The number of aldehydes is 1. The number of anilines is 1. The van der Waals surface area contributed by atoms with E-state index in [1.54, 1.807) is 6.92 Å². The summed E-state index contributed by atoms with van der Waals surface area (Å²) >= 11 is 1.10. The van der Waals surface area contributed by atoms with Crippen molar-refractivity contribution < 1.29 is 14.3 Å². The highest BCUT2D eigenvalue weighted by atomic mass is 32.1. The second-order valence-electron chi connectivity index (χ2n) is 2.62. The topological polar surface area (TPSA) is 82.3 Å². The maximum absolute atomic E-state index is 11.4. The van der Waals surface area contributed by atoms with Crippen molar-refractivity contribution in [2.24, 2.45) is 0 Å². The summed E-state index contributed by atoms with van der Waals surface area (Å²) < 4.78 is 4.80. The van der Waals surface area contributed by atoms with Crippen molar-refractivity contribution in [3.8, 4) is 11.8 Å². The molecule has 0 aromatic carbocycles. The van der Waals surface area contributed by atoms with Gasteiger partial charge in [-0.3, -0.25) is 0 Å². The molecule has 0 unspecified atom stereocenters. The first-order valence-corrected chi connectivity index (χ1v) is 5.36. The zero-order chi connectivity index (χ0) is 12.0. The fourth-order valence-electron chi connectivity index (χ4n) is 0.932. The van der Waals surface area contributed by atoms with Crippen molar-refractivity contribution in [2.45, 2.75) is 13.3 Å². The molecule has 5 nitrogen and oxygen atoms in total. The van der Waals surface area contributed by atoms with E-state index < -0.39 is 5.97 Å². The van der Waals surface area contributed by atoms with Crippen LogP contribution in [0.15, 0.2) is 0 Å². The zero-order valence-corrected chi connectivity index (χ0v) is 9.47. The number of thiazole rings is 1. The number of rotatable bonds is 3. The molecule has 84 valence electrons. The summed E-state index contributed by atoms with van der Waals surface area (Å²) in [5.41, 5.74) is 5.59.